The topological polar surface area (TPSA) is 14.2 Å². The van der Waals surface area contributed by atoms with Gasteiger partial charge in [-0.25, -0.2) is 0 Å². The SMILES string of the molecule is Cc1cc2c3cc(C(C)(C)C)ccc3n(Cc3cccc(Cl)c3)c2c2c1OC(C)(C)C=C2. The van der Waals surface area contributed by atoms with Crippen molar-refractivity contribution in [1.29, 1.82) is 0 Å². The van der Waals surface area contributed by atoms with Gasteiger partial charge in [-0.2, -0.15) is 0 Å². The van der Waals surface area contributed by atoms with E-state index in [9.17, 15) is 0 Å². The molecule has 4 aromatic rings. The zero-order valence-electron chi connectivity index (χ0n) is 19.7. The van der Waals surface area contributed by atoms with Crippen molar-refractivity contribution in [3.63, 3.8) is 0 Å². The van der Waals surface area contributed by atoms with E-state index in [0.29, 0.717) is 0 Å². The number of hydrogen-bond acceptors (Lipinski definition) is 1. The minimum absolute atomic E-state index is 0.0891. The molecule has 0 N–H and O–H groups in total. The lowest BCUT2D eigenvalue weighted by atomic mass is 9.86. The molecule has 0 aliphatic carbocycles. The van der Waals surface area contributed by atoms with Gasteiger partial charge in [-0.1, -0.05) is 50.6 Å². The second-order valence-corrected chi connectivity index (χ2v) is 11.0. The molecule has 0 radical (unpaired) electrons. The van der Waals surface area contributed by atoms with Crippen LogP contribution in [0.1, 0.15) is 56.9 Å². The van der Waals surface area contributed by atoms with Gasteiger partial charge in [0.05, 0.1) is 5.52 Å². The van der Waals surface area contributed by atoms with Gasteiger partial charge < -0.3 is 9.30 Å². The summed E-state index contributed by atoms with van der Waals surface area (Å²) in [5.41, 5.74) is 7.10. The van der Waals surface area contributed by atoms with E-state index < -0.39 is 0 Å². The minimum Gasteiger partial charge on any atom is -0.483 e. The molecule has 0 unspecified atom stereocenters. The maximum Gasteiger partial charge on any atom is 0.132 e. The Labute approximate surface area is 195 Å². The zero-order chi connectivity index (χ0) is 22.8. The number of ether oxygens (including phenoxy) is 1. The first-order valence-corrected chi connectivity index (χ1v) is 11.6. The fourth-order valence-corrected chi connectivity index (χ4v) is 4.95. The molecule has 0 amide bonds. The van der Waals surface area contributed by atoms with E-state index in [2.05, 4.69) is 94.7 Å². The van der Waals surface area contributed by atoms with E-state index in [1.165, 1.54) is 38.5 Å². The van der Waals surface area contributed by atoms with Crippen molar-refractivity contribution in [2.45, 2.75) is 59.1 Å². The van der Waals surface area contributed by atoms with Gasteiger partial charge in [0.2, 0.25) is 0 Å². The van der Waals surface area contributed by atoms with E-state index in [1.54, 1.807) is 0 Å². The predicted molar refractivity (Wildman–Crippen MR) is 137 cm³/mol. The number of aromatic nitrogens is 1. The summed E-state index contributed by atoms with van der Waals surface area (Å²) >= 11 is 6.32. The van der Waals surface area contributed by atoms with Crippen molar-refractivity contribution in [2.24, 2.45) is 0 Å². The third kappa shape index (κ3) is 3.51. The van der Waals surface area contributed by atoms with Gasteiger partial charge in [-0.05, 0) is 85.4 Å². The van der Waals surface area contributed by atoms with Crippen LogP contribution in [0.25, 0.3) is 27.9 Å². The maximum atomic E-state index is 6.44. The summed E-state index contributed by atoms with van der Waals surface area (Å²) in [6.45, 7) is 13.9. The lowest BCUT2D eigenvalue weighted by Crippen LogP contribution is -2.28. The van der Waals surface area contributed by atoms with Crippen LogP contribution in [0.3, 0.4) is 0 Å². The third-order valence-electron chi connectivity index (χ3n) is 6.43. The molecule has 1 aliphatic heterocycles. The van der Waals surface area contributed by atoms with Crippen molar-refractivity contribution >= 4 is 39.5 Å². The summed E-state index contributed by atoms with van der Waals surface area (Å²) in [7, 11) is 0. The second kappa shape index (κ2) is 7.15. The normalized spacial score (nSPS) is 15.2. The molecule has 5 rings (SSSR count). The smallest absolute Gasteiger partial charge is 0.132 e. The lowest BCUT2D eigenvalue weighted by molar-refractivity contribution is 0.158. The molecule has 0 saturated carbocycles. The highest BCUT2D eigenvalue weighted by Gasteiger charge is 2.27. The van der Waals surface area contributed by atoms with Crippen LogP contribution in [-0.4, -0.2) is 10.2 Å². The highest BCUT2D eigenvalue weighted by Crippen LogP contribution is 2.43. The van der Waals surface area contributed by atoms with E-state index >= 15 is 0 Å². The number of hydrogen-bond donors (Lipinski definition) is 0. The monoisotopic (exact) mass is 443 g/mol. The first-order valence-electron chi connectivity index (χ1n) is 11.3. The van der Waals surface area contributed by atoms with Gasteiger partial charge in [-0.15, -0.1) is 0 Å². The molecule has 1 aromatic heterocycles. The summed E-state index contributed by atoms with van der Waals surface area (Å²) in [4.78, 5) is 0. The molecule has 164 valence electrons. The molecule has 0 atom stereocenters. The molecule has 0 fully saturated rings. The average Bonchev–Trinajstić information content (AvgIpc) is 3.00. The summed E-state index contributed by atoms with van der Waals surface area (Å²) in [6, 6.07) is 17.4. The van der Waals surface area contributed by atoms with E-state index in [1.807, 2.05) is 12.1 Å². The molecular formula is C29H30ClNO. The molecule has 3 heteroatoms. The highest BCUT2D eigenvalue weighted by molar-refractivity contribution is 6.30. The average molecular weight is 444 g/mol. The van der Waals surface area contributed by atoms with Crippen LogP contribution in [0.2, 0.25) is 5.02 Å². The lowest BCUT2D eigenvalue weighted by Gasteiger charge is -2.29. The number of aryl methyl sites for hydroxylation is 1. The predicted octanol–water partition coefficient (Wildman–Crippen LogP) is 8.29. The van der Waals surface area contributed by atoms with Gasteiger partial charge >= 0.3 is 0 Å². The Bertz CT molecular complexity index is 1400. The van der Waals surface area contributed by atoms with Gasteiger partial charge in [-0.3, -0.25) is 0 Å². The van der Waals surface area contributed by atoms with Gasteiger partial charge in [0.1, 0.15) is 11.4 Å². The Morgan fingerprint density at radius 3 is 2.50 bits per heavy atom. The van der Waals surface area contributed by atoms with Crippen molar-refractivity contribution in [2.75, 3.05) is 0 Å². The number of nitrogens with zero attached hydrogens (tertiary/aromatic N) is 1. The van der Waals surface area contributed by atoms with Crippen LogP contribution in [0.4, 0.5) is 0 Å². The van der Waals surface area contributed by atoms with Crippen LogP contribution in [0, 0.1) is 6.92 Å². The number of rotatable bonds is 2. The summed E-state index contributed by atoms with van der Waals surface area (Å²) in [5.74, 6) is 0.983. The molecule has 0 saturated heterocycles. The zero-order valence-corrected chi connectivity index (χ0v) is 20.5. The van der Waals surface area contributed by atoms with Crippen LogP contribution in [-0.2, 0) is 12.0 Å². The molecule has 2 heterocycles. The van der Waals surface area contributed by atoms with Crippen molar-refractivity contribution in [3.8, 4) is 5.75 Å². The molecule has 0 spiro atoms. The molecule has 0 bridgehead atoms. The van der Waals surface area contributed by atoms with Crippen LogP contribution >= 0.6 is 11.6 Å². The van der Waals surface area contributed by atoms with E-state index in [4.69, 9.17) is 16.3 Å². The Morgan fingerprint density at radius 2 is 1.78 bits per heavy atom. The summed E-state index contributed by atoms with van der Waals surface area (Å²) in [6.07, 6.45) is 4.41. The van der Waals surface area contributed by atoms with Crippen molar-refractivity contribution in [1.82, 2.24) is 4.57 Å². The quantitative estimate of drug-likeness (QED) is 0.304. The Balaban J connectivity index is 1.86. The summed E-state index contributed by atoms with van der Waals surface area (Å²) < 4.78 is 8.86. The fourth-order valence-electron chi connectivity index (χ4n) is 4.74. The molecule has 3 aromatic carbocycles. The van der Waals surface area contributed by atoms with Crippen LogP contribution in [0.5, 0.6) is 5.75 Å². The first kappa shape index (κ1) is 21.2. The maximum absolute atomic E-state index is 6.44. The molecule has 32 heavy (non-hydrogen) atoms. The Morgan fingerprint density at radius 1 is 1.00 bits per heavy atom. The van der Waals surface area contributed by atoms with E-state index in [0.717, 1.165) is 22.9 Å². The first-order chi connectivity index (χ1) is 15.0. The van der Waals surface area contributed by atoms with Crippen LogP contribution in [0.15, 0.2) is 54.6 Å². The Kier molecular flexibility index (Phi) is 4.73. The van der Waals surface area contributed by atoms with Crippen molar-refractivity contribution < 1.29 is 4.74 Å². The minimum atomic E-state index is -0.311. The van der Waals surface area contributed by atoms with E-state index in [-0.39, 0.29) is 11.0 Å². The third-order valence-corrected chi connectivity index (χ3v) is 6.67. The largest absolute Gasteiger partial charge is 0.483 e. The van der Waals surface area contributed by atoms with Crippen LogP contribution < -0.4 is 4.74 Å². The van der Waals surface area contributed by atoms with Gasteiger partial charge in [0.15, 0.2) is 0 Å². The molecule has 2 nitrogen and oxygen atoms in total. The van der Waals surface area contributed by atoms with Gasteiger partial charge in [0, 0.05) is 33.4 Å². The van der Waals surface area contributed by atoms with Crippen molar-refractivity contribution in [3.05, 3.63) is 81.9 Å². The highest BCUT2D eigenvalue weighted by atomic mass is 35.5. The fraction of sp³-hybridized carbons (Fsp3) is 0.310. The molecular weight excluding hydrogens is 414 g/mol. The van der Waals surface area contributed by atoms with Gasteiger partial charge in [0.25, 0.3) is 0 Å². The number of benzene rings is 3. The summed E-state index contributed by atoms with van der Waals surface area (Å²) in [5, 5.41) is 3.33. The Hall–Kier alpha value is -2.71. The molecule has 1 aliphatic rings. The number of fused-ring (bicyclic) bond motifs is 5. The standard InChI is InChI=1S/C29H30ClNO/c1-18-14-24-23-16-20(28(2,3)4)10-11-25(23)31(17-19-8-7-9-21(30)15-19)26(24)22-12-13-29(5,6)32-27(18)22/h7-16H,17H2,1-6H3. The number of halogens is 1. The second-order valence-electron chi connectivity index (χ2n) is 10.6.